The Morgan fingerprint density at radius 2 is 2.08 bits per heavy atom. The zero-order valence-corrected chi connectivity index (χ0v) is 14.7. The van der Waals surface area contributed by atoms with Crippen LogP contribution in [-0.2, 0) is 0 Å². The fraction of sp³-hybridized carbons (Fsp3) is 0.167. The topological polar surface area (TPSA) is 83.0 Å². The van der Waals surface area contributed by atoms with Crippen LogP contribution in [0.5, 0.6) is 0 Å². The fourth-order valence-corrected chi connectivity index (χ4v) is 2.41. The van der Waals surface area contributed by atoms with Crippen LogP contribution in [0.25, 0.3) is 11.3 Å². The summed E-state index contributed by atoms with van der Waals surface area (Å²) in [4.78, 5) is 13.0. The summed E-state index contributed by atoms with van der Waals surface area (Å²) in [5.41, 5.74) is 2.06. The van der Waals surface area contributed by atoms with E-state index in [9.17, 15) is 9.50 Å². The standard InChI is InChI=1S/C18H17ClFN5O/c1-11(10-26)22-18-24-16(12-3-2-6-21-9-12)8-17(25-18)23-13-4-5-15(20)14(19)7-13/h2-9,11,26H,10H2,1H3,(H2,22,23,24,25)/t11-/m1/s1. The van der Waals surface area contributed by atoms with Gasteiger partial charge in [-0.15, -0.1) is 0 Å². The molecular weight excluding hydrogens is 357 g/mol. The molecule has 3 N–H and O–H groups in total. The lowest BCUT2D eigenvalue weighted by molar-refractivity contribution is 0.281. The Bertz CT molecular complexity index is 894. The smallest absolute Gasteiger partial charge is 0.225 e. The average Bonchev–Trinajstić information content (AvgIpc) is 2.65. The summed E-state index contributed by atoms with van der Waals surface area (Å²) >= 11 is 5.83. The number of anilines is 3. The van der Waals surface area contributed by atoms with Gasteiger partial charge >= 0.3 is 0 Å². The van der Waals surface area contributed by atoms with Crippen LogP contribution in [-0.4, -0.2) is 32.7 Å². The summed E-state index contributed by atoms with van der Waals surface area (Å²) in [5.74, 6) is 0.354. The first-order chi connectivity index (χ1) is 12.5. The van der Waals surface area contributed by atoms with E-state index in [1.807, 2.05) is 19.1 Å². The second-order valence-corrected chi connectivity index (χ2v) is 6.09. The van der Waals surface area contributed by atoms with Crippen LogP contribution >= 0.6 is 11.6 Å². The van der Waals surface area contributed by atoms with Crippen molar-refractivity contribution >= 4 is 29.1 Å². The first kappa shape index (κ1) is 18.0. The molecule has 134 valence electrons. The first-order valence-corrected chi connectivity index (χ1v) is 8.32. The Balaban J connectivity index is 1.97. The molecule has 0 aliphatic rings. The maximum Gasteiger partial charge on any atom is 0.225 e. The number of pyridine rings is 1. The van der Waals surface area contributed by atoms with E-state index in [-0.39, 0.29) is 17.7 Å². The van der Waals surface area contributed by atoms with Crippen molar-refractivity contribution < 1.29 is 9.50 Å². The Labute approximate surface area is 155 Å². The molecule has 0 amide bonds. The minimum absolute atomic E-state index is 0.0174. The lowest BCUT2D eigenvalue weighted by atomic mass is 10.2. The molecule has 26 heavy (non-hydrogen) atoms. The molecule has 2 heterocycles. The summed E-state index contributed by atoms with van der Waals surface area (Å²) in [7, 11) is 0. The molecule has 0 radical (unpaired) electrons. The maximum atomic E-state index is 13.3. The Morgan fingerprint density at radius 1 is 1.23 bits per heavy atom. The molecule has 0 unspecified atom stereocenters. The summed E-state index contributed by atoms with van der Waals surface area (Å²) < 4.78 is 13.3. The van der Waals surface area contributed by atoms with Crippen LogP contribution < -0.4 is 10.6 Å². The van der Waals surface area contributed by atoms with Gasteiger partial charge in [0.2, 0.25) is 5.95 Å². The molecule has 1 atom stereocenters. The van der Waals surface area contributed by atoms with E-state index in [4.69, 9.17) is 11.6 Å². The van der Waals surface area contributed by atoms with Gasteiger partial charge in [-0.2, -0.15) is 4.98 Å². The Hall–Kier alpha value is -2.77. The molecule has 0 saturated heterocycles. The Morgan fingerprint density at radius 3 is 2.77 bits per heavy atom. The molecule has 3 rings (SSSR count). The number of nitrogens with one attached hydrogen (secondary N) is 2. The summed E-state index contributed by atoms with van der Waals surface area (Å²) in [6.07, 6.45) is 3.37. The van der Waals surface area contributed by atoms with Crippen LogP contribution in [0.4, 0.5) is 21.8 Å². The first-order valence-electron chi connectivity index (χ1n) is 7.94. The maximum absolute atomic E-state index is 13.3. The van der Waals surface area contributed by atoms with Crippen LogP contribution in [0.3, 0.4) is 0 Å². The highest BCUT2D eigenvalue weighted by Gasteiger charge is 2.10. The molecule has 0 aliphatic heterocycles. The number of aliphatic hydroxyl groups excluding tert-OH is 1. The fourth-order valence-electron chi connectivity index (χ4n) is 2.23. The predicted molar refractivity (Wildman–Crippen MR) is 100 cm³/mol. The van der Waals surface area contributed by atoms with E-state index in [1.165, 1.54) is 12.1 Å². The van der Waals surface area contributed by atoms with Crippen molar-refractivity contribution in [3.8, 4) is 11.3 Å². The van der Waals surface area contributed by atoms with Crippen molar-refractivity contribution in [1.29, 1.82) is 0 Å². The second kappa shape index (κ2) is 8.07. The lowest BCUT2D eigenvalue weighted by Gasteiger charge is -2.14. The van der Waals surface area contributed by atoms with Gasteiger partial charge in [0, 0.05) is 35.8 Å². The van der Waals surface area contributed by atoms with Crippen molar-refractivity contribution in [2.75, 3.05) is 17.2 Å². The van der Waals surface area contributed by atoms with E-state index in [0.29, 0.717) is 23.1 Å². The van der Waals surface area contributed by atoms with Crippen LogP contribution in [0.1, 0.15) is 6.92 Å². The normalized spacial score (nSPS) is 11.8. The Kier molecular flexibility index (Phi) is 5.60. The second-order valence-electron chi connectivity index (χ2n) is 5.69. The third-order valence-electron chi connectivity index (χ3n) is 3.52. The number of aliphatic hydroxyl groups is 1. The molecule has 0 fully saturated rings. The molecule has 3 aromatic rings. The van der Waals surface area contributed by atoms with Crippen molar-refractivity contribution in [2.24, 2.45) is 0 Å². The van der Waals surface area contributed by atoms with Gasteiger partial charge in [-0.3, -0.25) is 4.98 Å². The van der Waals surface area contributed by atoms with Gasteiger partial charge in [-0.25, -0.2) is 9.37 Å². The van der Waals surface area contributed by atoms with Crippen molar-refractivity contribution in [1.82, 2.24) is 15.0 Å². The van der Waals surface area contributed by atoms with Crippen molar-refractivity contribution in [3.63, 3.8) is 0 Å². The minimum atomic E-state index is -0.491. The van der Waals surface area contributed by atoms with Crippen molar-refractivity contribution in [3.05, 3.63) is 59.6 Å². The molecule has 0 saturated carbocycles. The highest BCUT2D eigenvalue weighted by molar-refractivity contribution is 6.31. The lowest BCUT2D eigenvalue weighted by Crippen LogP contribution is -2.21. The van der Waals surface area contributed by atoms with Gasteiger partial charge in [-0.1, -0.05) is 11.6 Å². The zero-order valence-electron chi connectivity index (χ0n) is 13.9. The SMILES string of the molecule is C[C@H](CO)Nc1nc(Nc2ccc(F)c(Cl)c2)cc(-c2cccnc2)n1. The molecule has 0 bridgehead atoms. The van der Waals surface area contributed by atoms with Crippen LogP contribution in [0.2, 0.25) is 5.02 Å². The monoisotopic (exact) mass is 373 g/mol. The zero-order chi connectivity index (χ0) is 18.5. The summed E-state index contributed by atoms with van der Waals surface area (Å²) in [6, 6.07) is 9.56. The number of hydrogen-bond donors (Lipinski definition) is 3. The van der Waals surface area contributed by atoms with E-state index in [1.54, 1.807) is 24.5 Å². The molecular formula is C18H17ClFN5O. The molecule has 0 spiro atoms. The minimum Gasteiger partial charge on any atom is -0.394 e. The number of rotatable bonds is 6. The average molecular weight is 374 g/mol. The van der Waals surface area contributed by atoms with Crippen LogP contribution in [0, 0.1) is 5.82 Å². The van der Waals surface area contributed by atoms with Gasteiger partial charge in [0.15, 0.2) is 0 Å². The number of benzene rings is 1. The number of halogens is 2. The van der Waals surface area contributed by atoms with Gasteiger partial charge in [0.1, 0.15) is 11.6 Å². The van der Waals surface area contributed by atoms with E-state index in [0.717, 1.165) is 5.56 Å². The van der Waals surface area contributed by atoms with Gasteiger partial charge in [-0.05, 0) is 37.3 Å². The number of nitrogens with zero attached hydrogens (tertiary/aromatic N) is 3. The molecule has 1 aromatic carbocycles. The van der Waals surface area contributed by atoms with Crippen molar-refractivity contribution in [2.45, 2.75) is 13.0 Å². The highest BCUT2D eigenvalue weighted by Crippen LogP contribution is 2.25. The number of aromatic nitrogens is 3. The highest BCUT2D eigenvalue weighted by atomic mass is 35.5. The van der Waals surface area contributed by atoms with Gasteiger partial charge in [0.05, 0.1) is 17.3 Å². The predicted octanol–water partition coefficient (Wildman–Crippen LogP) is 3.87. The number of hydrogen-bond acceptors (Lipinski definition) is 6. The van der Waals surface area contributed by atoms with E-state index >= 15 is 0 Å². The van der Waals surface area contributed by atoms with Gasteiger partial charge in [0.25, 0.3) is 0 Å². The summed E-state index contributed by atoms with van der Waals surface area (Å²) in [5, 5.41) is 15.4. The van der Waals surface area contributed by atoms with Crippen LogP contribution in [0.15, 0.2) is 48.8 Å². The van der Waals surface area contributed by atoms with Gasteiger partial charge < -0.3 is 15.7 Å². The van der Waals surface area contributed by atoms with E-state index in [2.05, 4.69) is 25.6 Å². The quantitative estimate of drug-likeness (QED) is 0.608. The third-order valence-corrected chi connectivity index (χ3v) is 3.81. The largest absolute Gasteiger partial charge is 0.394 e. The molecule has 2 aromatic heterocycles. The summed E-state index contributed by atoms with van der Waals surface area (Å²) in [6.45, 7) is 1.75. The molecule has 0 aliphatic carbocycles. The third kappa shape index (κ3) is 4.44. The molecule has 6 nitrogen and oxygen atoms in total. The van der Waals surface area contributed by atoms with E-state index < -0.39 is 5.82 Å². The molecule has 8 heteroatoms.